The lowest BCUT2D eigenvalue weighted by molar-refractivity contribution is -0.269. The van der Waals surface area contributed by atoms with E-state index in [0.717, 1.165) is 18.2 Å². The zero-order chi connectivity index (χ0) is 26.7. The van der Waals surface area contributed by atoms with Gasteiger partial charge < -0.3 is 10.2 Å². The monoisotopic (exact) mass is 555 g/mol. The van der Waals surface area contributed by atoms with Crippen LogP contribution in [0.1, 0.15) is 22.3 Å². The molecule has 14 heteroatoms. The smallest absolute Gasteiger partial charge is 0.386 e. The topological polar surface area (TPSA) is 71.9 Å². The maximum atomic E-state index is 14.1. The van der Waals surface area contributed by atoms with E-state index in [0.29, 0.717) is 16.7 Å². The number of hydroxylamine groups is 1. The van der Waals surface area contributed by atoms with Crippen molar-refractivity contribution in [3.8, 4) is 0 Å². The van der Waals surface area contributed by atoms with Gasteiger partial charge in [-0.3, -0.25) is 15.1 Å². The number of hydrogen-bond donors (Lipinski definition) is 2. The molecular formula is C22H17Cl2F6N3O3. The van der Waals surface area contributed by atoms with Crippen LogP contribution in [-0.4, -0.2) is 37.6 Å². The van der Waals surface area contributed by atoms with Gasteiger partial charge in [-0.25, -0.2) is 0 Å². The zero-order valence-electron chi connectivity index (χ0n) is 18.2. The highest BCUT2D eigenvalue weighted by molar-refractivity contribution is 6.34. The minimum Gasteiger partial charge on any atom is -0.386 e. The molecule has 194 valence electrons. The first-order chi connectivity index (χ1) is 16.7. The number of oxime groups is 1. The average molecular weight is 556 g/mol. The Bertz CT molecular complexity index is 1180. The lowest BCUT2D eigenvalue weighted by atomic mass is 9.91. The van der Waals surface area contributed by atoms with Crippen LogP contribution in [0.3, 0.4) is 0 Å². The highest BCUT2D eigenvalue weighted by atomic mass is 35.5. The van der Waals surface area contributed by atoms with Gasteiger partial charge >= 0.3 is 12.4 Å². The summed E-state index contributed by atoms with van der Waals surface area (Å²) >= 11 is 11.8. The van der Waals surface area contributed by atoms with Crippen molar-refractivity contribution in [1.82, 2.24) is 10.8 Å². The lowest BCUT2D eigenvalue weighted by Crippen LogP contribution is -2.42. The first-order valence-electron chi connectivity index (χ1n) is 10.0. The van der Waals surface area contributed by atoms with Gasteiger partial charge in [-0.05, 0) is 54.0 Å². The molecule has 2 aromatic carbocycles. The van der Waals surface area contributed by atoms with E-state index in [1.165, 1.54) is 24.4 Å². The molecule has 0 spiro atoms. The number of amides is 1. The maximum Gasteiger partial charge on any atom is 0.428 e. The molecule has 1 atom stereocenters. The summed E-state index contributed by atoms with van der Waals surface area (Å²) in [7, 11) is 0. The Morgan fingerprint density at radius 2 is 1.81 bits per heavy atom. The molecule has 0 radical (unpaired) electrons. The zero-order valence-corrected chi connectivity index (χ0v) is 19.7. The third kappa shape index (κ3) is 6.62. The molecule has 2 aromatic rings. The minimum absolute atomic E-state index is 0.00566. The van der Waals surface area contributed by atoms with Crippen molar-refractivity contribution in [3.05, 3.63) is 74.8 Å². The van der Waals surface area contributed by atoms with Crippen molar-refractivity contribution >= 4 is 41.0 Å². The molecular weight excluding hydrogens is 539 g/mol. The summed E-state index contributed by atoms with van der Waals surface area (Å²) in [5.74, 6) is -1.01. The second-order valence-corrected chi connectivity index (χ2v) is 8.50. The molecule has 1 heterocycles. The quantitative estimate of drug-likeness (QED) is 0.262. The normalized spacial score (nSPS) is 18.2. The summed E-state index contributed by atoms with van der Waals surface area (Å²) in [6, 6.07) is 8.08. The van der Waals surface area contributed by atoms with E-state index in [4.69, 9.17) is 28.0 Å². The summed E-state index contributed by atoms with van der Waals surface area (Å²) in [5, 5.41) is 5.16. The molecule has 1 amide bonds. The summed E-state index contributed by atoms with van der Waals surface area (Å²) in [6.07, 6.45) is -7.33. The molecule has 2 N–H and O–H groups in total. The fourth-order valence-corrected chi connectivity index (χ4v) is 3.71. The van der Waals surface area contributed by atoms with E-state index in [-0.39, 0.29) is 21.3 Å². The van der Waals surface area contributed by atoms with E-state index < -0.39 is 37.0 Å². The SMILES string of the molecule is Cc1cc(C2=CC(c3cc(Cl)cc(Cl)c3)(C(F)(F)F)ON2)ccc1C=NOCC(=O)NCC(F)(F)F. The molecule has 1 unspecified atom stereocenters. The Balaban J connectivity index is 1.75. The van der Waals surface area contributed by atoms with Gasteiger partial charge in [0.2, 0.25) is 5.60 Å². The molecule has 36 heavy (non-hydrogen) atoms. The third-order valence-electron chi connectivity index (χ3n) is 4.91. The fourth-order valence-electron chi connectivity index (χ4n) is 3.18. The first-order valence-corrected chi connectivity index (χ1v) is 10.8. The predicted molar refractivity (Wildman–Crippen MR) is 120 cm³/mol. The van der Waals surface area contributed by atoms with Crippen LogP contribution in [-0.2, 0) is 20.1 Å². The van der Waals surface area contributed by atoms with Crippen molar-refractivity contribution in [2.75, 3.05) is 13.2 Å². The van der Waals surface area contributed by atoms with E-state index in [1.54, 1.807) is 18.3 Å². The van der Waals surface area contributed by atoms with Gasteiger partial charge in [-0.1, -0.05) is 40.5 Å². The number of alkyl halides is 6. The van der Waals surface area contributed by atoms with Crippen LogP contribution in [0.25, 0.3) is 5.70 Å². The van der Waals surface area contributed by atoms with Gasteiger partial charge in [0.1, 0.15) is 6.54 Å². The van der Waals surface area contributed by atoms with Crippen molar-refractivity contribution in [3.63, 3.8) is 0 Å². The molecule has 0 bridgehead atoms. The molecule has 6 nitrogen and oxygen atoms in total. The number of aryl methyl sites for hydroxylation is 1. The molecule has 0 aliphatic carbocycles. The van der Waals surface area contributed by atoms with Crippen LogP contribution in [0.4, 0.5) is 26.3 Å². The van der Waals surface area contributed by atoms with Crippen LogP contribution in [0.2, 0.25) is 10.0 Å². The largest absolute Gasteiger partial charge is 0.428 e. The molecule has 0 saturated heterocycles. The van der Waals surface area contributed by atoms with Crippen LogP contribution >= 0.6 is 23.2 Å². The minimum atomic E-state index is -4.86. The number of halogens is 8. The van der Waals surface area contributed by atoms with E-state index in [1.807, 2.05) is 0 Å². The molecule has 1 aliphatic heterocycles. The third-order valence-corrected chi connectivity index (χ3v) is 5.35. The summed E-state index contributed by atoms with van der Waals surface area (Å²) < 4.78 is 78.6. The van der Waals surface area contributed by atoms with Crippen molar-refractivity contribution in [2.24, 2.45) is 5.16 Å². The standard InChI is InChI=1S/C22H17Cl2F6N3O3/c1-12-4-13(2-3-14(12)9-32-35-10-19(34)31-11-21(25,26)27)18-8-20(36-33-18,22(28,29)30)15-5-16(23)7-17(24)6-15/h2-9,33H,10-11H2,1H3,(H,31,34). The Hall–Kier alpha value is -2.96. The highest BCUT2D eigenvalue weighted by Gasteiger charge is 2.59. The van der Waals surface area contributed by atoms with E-state index in [2.05, 4.69) is 15.5 Å². The van der Waals surface area contributed by atoms with Crippen molar-refractivity contribution in [1.29, 1.82) is 0 Å². The Labute approximate surface area is 210 Å². The lowest BCUT2D eigenvalue weighted by Gasteiger charge is -2.28. The molecule has 0 fully saturated rings. The number of nitrogens with one attached hydrogen (secondary N) is 2. The number of carbonyl (C=O) groups is 1. The van der Waals surface area contributed by atoms with Gasteiger partial charge in [0.15, 0.2) is 6.61 Å². The van der Waals surface area contributed by atoms with Crippen molar-refractivity contribution < 1.29 is 40.8 Å². The first kappa shape index (κ1) is 27.6. The van der Waals surface area contributed by atoms with E-state index in [9.17, 15) is 31.1 Å². The average Bonchev–Trinajstić information content (AvgIpc) is 3.22. The summed E-state index contributed by atoms with van der Waals surface area (Å²) in [6.45, 7) is -0.580. The Morgan fingerprint density at radius 3 is 2.39 bits per heavy atom. The molecule has 0 aromatic heterocycles. The predicted octanol–water partition coefficient (Wildman–Crippen LogP) is 5.66. The van der Waals surface area contributed by atoms with Gasteiger partial charge in [0, 0.05) is 15.6 Å². The second-order valence-electron chi connectivity index (χ2n) is 7.62. The number of nitrogens with zero attached hydrogens (tertiary/aromatic N) is 1. The highest BCUT2D eigenvalue weighted by Crippen LogP contribution is 2.48. The number of hydrogen-bond acceptors (Lipinski definition) is 5. The fraction of sp³-hybridized carbons (Fsp3) is 0.273. The Morgan fingerprint density at radius 1 is 1.14 bits per heavy atom. The number of carbonyl (C=O) groups excluding carboxylic acids is 1. The van der Waals surface area contributed by atoms with Gasteiger partial charge in [0.05, 0.1) is 11.9 Å². The van der Waals surface area contributed by atoms with Crippen molar-refractivity contribution in [2.45, 2.75) is 24.9 Å². The van der Waals surface area contributed by atoms with Crippen LogP contribution in [0.15, 0.2) is 47.6 Å². The maximum absolute atomic E-state index is 14.1. The van der Waals surface area contributed by atoms with Crippen LogP contribution in [0.5, 0.6) is 0 Å². The van der Waals surface area contributed by atoms with E-state index >= 15 is 0 Å². The van der Waals surface area contributed by atoms with Gasteiger partial charge in [0.25, 0.3) is 5.91 Å². The molecule has 3 rings (SSSR count). The van der Waals surface area contributed by atoms with Gasteiger partial charge in [-0.2, -0.15) is 26.3 Å². The molecule has 0 saturated carbocycles. The van der Waals surface area contributed by atoms with Crippen LogP contribution < -0.4 is 10.8 Å². The second kappa shape index (κ2) is 10.6. The number of benzene rings is 2. The molecule has 1 aliphatic rings. The van der Waals surface area contributed by atoms with Gasteiger partial charge in [-0.15, -0.1) is 0 Å². The summed E-state index contributed by atoms with van der Waals surface area (Å²) in [5.41, 5.74) is 0.604. The Kier molecular flexibility index (Phi) is 8.11. The number of rotatable bonds is 7. The summed E-state index contributed by atoms with van der Waals surface area (Å²) in [4.78, 5) is 21.0. The van der Waals surface area contributed by atoms with Crippen LogP contribution in [0, 0.1) is 6.92 Å².